The minimum absolute atomic E-state index is 0.00221. The standard InChI is InChI=1S/C31H40N8O3S/c1-19-20(2)37-38-27(19)36-28-23-14-26(43-31(3,4)5)25(15-24(23)34-18-35-28)42-13-7-8-21-9-11-39(12-10-21)30-32-16-22(17-33-30)29(40)41-6/h14-18,21H,7-13H2,1-6H3,(H2,34,35,36,37,38). The number of fused-ring (bicyclic) bond motifs is 1. The van der Waals surface area contributed by atoms with Gasteiger partial charge in [-0.3, -0.25) is 5.10 Å². The number of nitrogens with zero attached hydrogens (tertiary/aromatic N) is 6. The van der Waals surface area contributed by atoms with Crippen molar-refractivity contribution in [1.82, 2.24) is 30.1 Å². The van der Waals surface area contributed by atoms with E-state index in [2.05, 4.69) is 67.2 Å². The minimum Gasteiger partial charge on any atom is -0.492 e. The second-order valence-corrected chi connectivity index (χ2v) is 13.8. The summed E-state index contributed by atoms with van der Waals surface area (Å²) < 4.78 is 11.1. The summed E-state index contributed by atoms with van der Waals surface area (Å²) in [5.74, 6) is 3.20. The number of ether oxygens (including phenoxy) is 2. The van der Waals surface area contributed by atoms with E-state index in [-0.39, 0.29) is 4.75 Å². The molecule has 1 saturated heterocycles. The molecule has 43 heavy (non-hydrogen) atoms. The zero-order valence-electron chi connectivity index (χ0n) is 25.7. The predicted molar refractivity (Wildman–Crippen MR) is 170 cm³/mol. The van der Waals surface area contributed by atoms with Gasteiger partial charge < -0.3 is 19.7 Å². The largest absolute Gasteiger partial charge is 0.492 e. The van der Waals surface area contributed by atoms with Crippen LogP contribution in [0.15, 0.2) is 35.7 Å². The van der Waals surface area contributed by atoms with Gasteiger partial charge >= 0.3 is 5.97 Å². The molecule has 0 unspecified atom stereocenters. The van der Waals surface area contributed by atoms with Crippen molar-refractivity contribution >= 4 is 46.2 Å². The van der Waals surface area contributed by atoms with Gasteiger partial charge in [0, 0.05) is 52.9 Å². The van der Waals surface area contributed by atoms with Crippen molar-refractivity contribution in [2.24, 2.45) is 5.92 Å². The van der Waals surface area contributed by atoms with Gasteiger partial charge in [0.05, 0.1) is 29.7 Å². The second-order valence-electron chi connectivity index (χ2n) is 11.9. The Morgan fingerprint density at radius 2 is 1.84 bits per heavy atom. The highest BCUT2D eigenvalue weighted by Gasteiger charge is 2.22. The topological polar surface area (TPSA) is 131 Å². The third kappa shape index (κ3) is 7.54. The number of carbonyl (C=O) groups is 1. The molecule has 0 atom stereocenters. The van der Waals surface area contributed by atoms with Gasteiger partial charge in [0.25, 0.3) is 0 Å². The van der Waals surface area contributed by atoms with E-state index in [1.54, 1.807) is 18.1 Å². The SMILES string of the molecule is COC(=O)c1cnc(N2CCC(CCCOc3cc4ncnc(Nc5n[nH]c(C)c5C)c4cc3SC(C)(C)C)CC2)nc1. The van der Waals surface area contributed by atoms with Crippen LogP contribution in [0.3, 0.4) is 0 Å². The number of hydrogen-bond acceptors (Lipinski definition) is 11. The summed E-state index contributed by atoms with van der Waals surface area (Å²) in [6, 6.07) is 4.16. The lowest BCUT2D eigenvalue weighted by atomic mass is 9.92. The minimum atomic E-state index is -0.425. The molecule has 0 spiro atoms. The molecule has 1 fully saturated rings. The lowest BCUT2D eigenvalue weighted by Gasteiger charge is -2.32. The van der Waals surface area contributed by atoms with Crippen LogP contribution < -0.4 is 15.0 Å². The summed E-state index contributed by atoms with van der Waals surface area (Å²) in [5, 5.41) is 11.7. The number of thioether (sulfide) groups is 1. The predicted octanol–water partition coefficient (Wildman–Crippen LogP) is 6.26. The molecule has 4 aromatic rings. The Kier molecular flexibility index (Phi) is 9.34. The molecule has 0 radical (unpaired) electrons. The molecule has 3 aromatic heterocycles. The molecule has 1 aliphatic heterocycles. The molecule has 228 valence electrons. The lowest BCUT2D eigenvalue weighted by Crippen LogP contribution is -2.35. The molecule has 1 aliphatic rings. The van der Waals surface area contributed by atoms with Gasteiger partial charge in [-0.15, -0.1) is 11.8 Å². The van der Waals surface area contributed by atoms with E-state index in [4.69, 9.17) is 9.47 Å². The van der Waals surface area contributed by atoms with Crippen molar-refractivity contribution < 1.29 is 14.3 Å². The van der Waals surface area contributed by atoms with Gasteiger partial charge in [-0.2, -0.15) is 5.10 Å². The molecule has 4 heterocycles. The van der Waals surface area contributed by atoms with Crippen LogP contribution in [0, 0.1) is 19.8 Å². The van der Waals surface area contributed by atoms with E-state index in [1.165, 1.54) is 19.5 Å². The molecule has 11 nitrogen and oxygen atoms in total. The molecular formula is C31H40N8O3S. The smallest absolute Gasteiger partial charge is 0.341 e. The van der Waals surface area contributed by atoms with Crippen molar-refractivity contribution in [2.45, 2.75) is 69.9 Å². The Morgan fingerprint density at radius 1 is 1.09 bits per heavy atom. The highest BCUT2D eigenvalue weighted by atomic mass is 32.2. The summed E-state index contributed by atoms with van der Waals surface area (Å²) in [4.78, 5) is 32.7. The number of aryl methyl sites for hydroxylation is 1. The van der Waals surface area contributed by atoms with Crippen molar-refractivity contribution in [2.75, 3.05) is 37.0 Å². The quantitative estimate of drug-likeness (QED) is 0.121. The van der Waals surface area contributed by atoms with Crippen molar-refractivity contribution in [3.8, 4) is 5.75 Å². The summed E-state index contributed by atoms with van der Waals surface area (Å²) in [5.41, 5.74) is 3.27. The third-order valence-electron chi connectivity index (χ3n) is 7.58. The molecule has 0 aliphatic carbocycles. The normalized spacial score (nSPS) is 14.2. The first-order valence-electron chi connectivity index (χ1n) is 14.7. The number of rotatable bonds is 10. The fourth-order valence-corrected chi connectivity index (χ4v) is 6.14. The van der Waals surface area contributed by atoms with Crippen molar-refractivity contribution in [1.29, 1.82) is 0 Å². The molecule has 0 saturated carbocycles. The molecule has 1 aromatic carbocycles. The van der Waals surface area contributed by atoms with Crippen LogP contribution in [0.5, 0.6) is 5.75 Å². The Balaban J connectivity index is 1.20. The van der Waals surface area contributed by atoms with Gasteiger partial charge in [-0.1, -0.05) is 20.8 Å². The number of piperidine rings is 1. The fraction of sp³-hybridized carbons (Fsp3) is 0.484. The van der Waals surface area contributed by atoms with Crippen LogP contribution in [0.4, 0.5) is 17.6 Å². The fourth-order valence-electron chi connectivity index (χ4n) is 5.09. The maximum Gasteiger partial charge on any atom is 0.341 e. The Labute approximate surface area is 256 Å². The van der Waals surface area contributed by atoms with Crippen LogP contribution in [-0.2, 0) is 4.74 Å². The van der Waals surface area contributed by atoms with Crippen LogP contribution >= 0.6 is 11.8 Å². The average molecular weight is 605 g/mol. The van der Waals surface area contributed by atoms with E-state index in [1.807, 2.05) is 19.9 Å². The number of hydrogen-bond donors (Lipinski definition) is 2. The Hall–Kier alpha value is -3.93. The monoisotopic (exact) mass is 604 g/mol. The number of aromatic amines is 1. The summed E-state index contributed by atoms with van der Waals surface area (Å²) in [7, 11) is 1.35. The zero-order valence-corrected chi connectivity index (χ0v) is 26.5. The van der Waals surface area contributed by atoms with Crippen molar-refractivity contribution in [3.05, 3.63) is 47.7 Å². The highest BCUT2D eigenvalue weighted by Crippen LogP contribution is 2.41. The first kappa shape index (κ1) is 30.5. The average Bonchev–Trinajstić information content (AvgIpc) is 3.31. The van der Waals surface area contributed by atoms with Crippen LogP contribution in [0.1, 0.15) is 68.1 Å². The number of carbonyl (C=O) groups excluding carboxylic acids is 1. The molecule has 12 heteroatoms. The van der Waals surface area contributed by atoms with Crippen LogP contribution in [0.2, 0.25) is 0 Å². The number of H-pyrrole nitrogens is 1. The highest BCUT2D eigenvalue weighted by molar-refractivity contribution is 8.00. The third-order valence-corrected chi connectivity index (χ3v) is 8.73. The van der Waals surface area contributed by atoms with E-state index in [0.29, 0.717) is 24.0 Å². The first-order chi connectivity index (χ1) is 20.6. The van der Waals surface area contributed by atoms with Crippen LogP contribution in [0.25, 0.3) is 10.9 Å². The Bertz CT molecular complexity index is 1560. The van der Waals surface area contributed by atoms with Gasteiger partial charge in [-0.05, 0) is 51.5 Å². The molecule has 5 rings (SSSR count). The van der Waals surface area contributed by atoms with Crippen LogP contribution in [-0.4, -0.2) is 67.7 Å². The molecular weight excluding hydrogens is 564 g/mol. The molecule has 0 amide bonds. The lowest BCUT2D eigenvalue weighted by molar-refractivity contribution is 0.0599. The van der Waals surface area contributed by atoms with E-state index >= 15 is 0 Å². The zero-order chi connectivity index (χ0) is 30.6. The summed E-state index contributed by atoms with van der Waals surface area (Å²) in [6.45, 7) is 13.1. The van der Waals surface area contributed by atoms with Gasteiger partial charge in [0.15, 0.2) is 5.82 Å². The van der Waals surface area contributed by atoms with E-state index in [9.17, 15) is 4.79 Å². The Morgan fingerprint density at radius 3 is 2.49 bits per heavy atom. The van der Waals surface area contributed by atoms with E-state index < -0.39 is 5.97 Å². The number of nitrogens with one attached hydrogen (secondary N) is 2. The molecule has 2 N–H and O–H groups in total. The maximum atomic E-state index is 11.6. The number of esters is 1. The molecule has 0 bridgehead atoms. The second kappa shape index (κ2) is 13.2. The summed E-state index contributed by atoms with van der Waals surface area (Å²) >= 11 is 1.78. The number of anilines is 3. The number of methoxy groups -OCH3 is 1. The van der Waals surface area contributed by atoms with Gasteiger partial charge in [-0.25, -0.2) is 24.7 Å². The number of aromatic nitrogens is 6. The van der Waals surface area contributed by atoms with Gasteiger partial charge in [0.2, 0.25) is 5.95 Å². The first-order valence-corrected chi connectivity index (χ1v) is 15.5. The van der Waals surface area contributed by atoms with Gasteiger partial charge in [0.1, 0.15) is 17.9 Å². The summed E-state index contributed by atoms with van der Waals surface area (Å²) in [6.07, 6.45) is 8.85. The van der Waals surface area contributed by atoms with E-state index in [0.717, 1.165) is 83.2 Å². The van der Waals surface area contributed by atoms with Crippen molar-refractivity contribution in [3.63, 3.8) is 0 Å². The maximum absolute atomic E-state index is 11.6. The number of benzene rings is 1.